The van der Waals surface area contributed by atoms with Gasteiger partial charge >= 0.3 is 0 Å². The molecule has 0 atom stereocenters. The third-order valence-electron chi connectivity index (χ3n) is 2.63. The molecule has 2 aromatic rings. The molecule has 0 spiro atoms. The highest BCUT2D eigenvalue weighted by Crippen LogP contribution is 2.22. The first kappa shape index (κ1) is 14.6. The summed E-state index contributed by atoms with van der Waals surface area (Å²) in [7, 11) is 0. The molecule has 1 heterocycles. The summed E-state index contributed by atoms with van der Waals surface area (Å²) in [4.78, 5) is 12.6. The van der Waals surface area contributed by atoms with Crippen LogP contribution in [0.15, 0.2) is 40.8 Å². The Kier molecular flexibility index (Phi) is 5.15. The highest BCUT2D eigenvalue weighted by molar-refractivity contribution is 7.11. The van der Waals surface area contributed by atoms with E-state index in [1.54, 1.807) is 17.6 Å². The van der Waals surface area contributed by atoms with Gasteiger partial charge in [0.15, 0.2) is 0 Å². The molecule has 0 saturated carbocycles. The minimum Gasteiger partial charge on any atom is -0.376 e. The molecule has 0 fully saturated rings. The van der Waals surface area contributed by atoms with Gasteiger partial charge in [-0.1, -0.05) is 23.7 Å². The Bertz CT molecular complexity index is 611. The summed E-state index contributed by atoms with van der Waals surface area (Å²) in [6.45, 7) is 2.04. The molecule has 0 unspecified atom stereocenters. The lowest BCUT2D eigenvalue weighted by atomic mass is 10.2. The van der Waals surface area contributed by atoms with Gasteiger partial charge in [-0.05, 0) is 36.1 Å². The summed E-state index contributed by atoms with van der Waals surface area (Å²) in [6.07, 6.45) is 1.62. The van der Waals surface area contributed by atoms with Gasteiger partial charge in [-0.15, -0.1) is 11.3 Å². The minimum atomic E-state index is -0.211. The monoisotopic (exact) mass is 307 g/mol. The van der Waals surface area contributed by atoms with Gasteiger partial charge in [-0.2, -0.15) is 5.10 Å². The third-order valence-corrected chi connectivity index (χ3v) is 3.85. The molecule has 20 heavy (non-hydrogen) atoms. The maximum Gasteiger partial charge on any atom is 0.259 e. The van der Waals surface area contributed by atoms with Crippen molar-refractivity contribution in [2.45, 2.75) is 6.92 Å². The number of halogens is 1. The molecule has 0 radical (unpaired) electrons. The van der Waals surface area contributed by atoms with E-state index in [9.17, 15) is 4.79 Å². The Morgan fingerprint density at radius 3 is 3.00 bits per heavy atom. The quantitative estimate of drug-likeness (QED) is 0.658. The van der Waals surface area contributed by atoms with Crippen LogP contribution in [0.3, 0.4) is 0 Å². The number of thiophene rings is 1. The van der Waals surface area contributed by atoms with Crippen molar-refractivity contribution in [2.75, 3.05) is 11.9 Å². The van der Waals surface area contributed by atoms with Gasteiger partial charge in [0.25, 0.3) is 5.91 Å². The Labute approximate surface area is 126 Å². The summed E-state index contributed by atoms with van der Waals surface area (Å²) in [5.74, 6) is -0.211. The predicted molar refractivity (Wildman–Crippen MR) is 84.7 cm³/mol. The number of carbonyl (C=O) groups is 1. The summed E-state index contributed by atoms with van der Waals surface area (Å²) >= 11 is 7.56. The molecule has 0 saturated heterocycles. The van der Waals surface area contributed by atoms with E-state index in [2.05, 4.69) is 15.8 Å². The molecule has 6 heteroatoms. The molecular weight excluding hydrogens is 294 g/mol. The summed E-state index contributed by atoms with van der Waals surface area (Å²) in [6, 6.07) is 9.38. The first-order chi connectivity index (χ1) is 9.66. The van der Waals surface area contributed by atoms with Crippen molar-refractivity contribution in [3.05, 3.63) is 51.2 Å². The zero-order valence-corrected chi connectivity index (χ0v) is 12.5. The third kappa shape index (κ3) is 4.08. The van der Waals surface area contributed by atoms with Crippen LogP contribution in [0.1, 0.15) is 10.4 Å². The van der Waals surface area contributed by atoms with Gasteiger partial charge in [0, 0.05) is 15.6 Å². The van der Waals surface area contributed by atoms with Gasteiger partial charge in [0.1, 0.15) is 0 Å². The Morgan fingerprint density at radius 2 is 2.25 bits per heavy atom. The van der Waals surface area contributed by atoms with Crippen molar-refractivity contribution < 1.29 is 4.79 Å². The van der Waals surface area contributed by atoms with Crippen LogP contribution in [-0.4, -0.2) is 18.7 Å². The molecule has 4 nitrogen and oxygen atoms in total. The second kappa shape index (κ2) is 7.07. The lowest BCUT2D eigenvalue weighted by molar-refractivity contribution is -0.119. The van der Waals surface area contributed by atoms with E-state index in [-0.39, 0.29) is 12.5 Å². The number of nitrogens with one attached hydrogen (secondary N) is 2. The fourth-order valence-corrected chi connectivity index (χ4v) is 2.31. The number of carbonyl (C=O) groups excluding carboxylic acids is 1. The smallest absolute Gasteiger partial charge is 0.259 e. The van der Waals surface area contributed by atoms with Gasteiger partial charge < -0.3 is 5.32 Å². The van der Waals surface area contributed by atoms with Crippen LogP contribution in [-0.2, 0) is 4.79 Å². The van der Waals surface area contributed by atoms with Crippen LogP contribution in [0.2, 0.25) is 5.02 Å². The van der Waals surface area contributed by atoms with Crippen LogP contribution in [0.5, 0.6) is 0 Å². The van der Waals surface area contributed by atoms with E-state index in [1.165, 1.54) is 0 Å². The summed E-state index contributed by atoms with van der Waals surface area (Å²) < 4.78 is 0. The topological polar surface area (TPSA) is 53.5 Å². The fourth-order valence-electron chi connectivity index (χ4n) is 1.55. The second-order valence-electron chi connectivity index (χ2n) is 4.07. The van der Waals surface area contributed by atoms with E-state index in [1.807, 2.05) is 42.6 Å². The van der Waals surface area contributed by atoms with Crippen molar-refractivity contribution in [1.82, 2.24) is 5.43 Å². The van der Waals surface area contributed by atoms with E-state index >= 15 is 0 Å². The Balaban J connectivity index is 1.82. The number of benzene rings is 1. The fraction of sp³-hybridized carbons (Fsp3) is 0.143. The molecule has 104 valence electrons. The van der Waals surface area contributed by atoms with E-state index < -0.39 is 0 Å². The average Bonchev–Trinajstić information content (AvgIpc) is 2.94. The molecule has 0 aliphatic heterocycles. The average molecular weight is 308 g/mol. The van der Waals surface area contributed by atoms with Crippen LogP contribution in [0.25, 0.3) is 0 Å². The number of hydrogen-bond donors (Lipinski definition) is 2. The van der Waals surface area contributed by atoms with Gasteiger partial charge in [-0.25, -0.2) is 5.43 Å². The highest BCUT2D eigenvalue weighted by Gasteiger charge is 2.04. The summed E-state index contributed by atoms with van der Waals surface area (Å²) in [5.41, 5.74) is 4.23. The lowest BCUT2D eigenvalue weighted by Gasteiger charge is -2.09. The molecule has 0 aliphatic rings. The maximum absolute atomic E-state index is 11.6. The van der Waals surface area contributed by atoms with Crippen LogP contribution < -0.4 is 10.7 Å². The normalized spacial score (nSPS) is 10.7. The van der Waals surface area contributed by atoms with Crippen molar-refractivity contribution in [3.63, 3.8) is 0 Å². The van der Waals surface area contributed by atoms with Crippen molar-refractivity contribution >= 4 is 40.7 Å². The van der Waals surface area contributed by atoms with Crippen LogP contribution in [0.4, 0.5) is 5.69 Å². The number of amides is 1. The Morgan fingerprint density at radius 1 is 1.40 bits per heavy atom. The Hall–Kier alpha value is -1.85. The van der Waals surface area contributed by atoms with E-state index in [0.29, 0.717) is 5.02 Å². The molecule has 1 aromatic carbocycles. The first-order valence-electron chi connectivity index (χ1n) is 6.01. The highest BCUT2D eigenvalue weighted by atomic mass is 35.5. The zero-order chi connectivity index (χ0) is 14.4. The number of hydrazone groups is 1. The van der Waals surface area contributed by atoms with E-state index in [0.717, 1.165) is 16.1 Å². The van der Waals surface area contributed by atoms with Gasteiger partial charge in [0.05, 0.1) is 12.8 Å². The molecular formula is C14H14ClN3OS. The largest absolute Gasteiger partial charge is 0.376 e. The van der Waals surface area contributed by atoms with Crippen molar-refractivity contribution in [1.29, 1.82) is 0 Å². The van der Waals surface area contributed by atoms with Crippen LogP contribution in [0, 0.1) is 6.92 Å². The second-order valence-corrected chi connectivity index (χ2v) is 5.46. The number of nitrogens with zero attached hydrogens (tertiary/aromatic N) is 1. The standard InChI is InChI=1S/C14H14ClN3OS/c1-10-12(15)5-2-6-13(10)16-9-14(19)18-17-8-11-4-3-7-20-11/h2-8,16H,9H2,1H3,(H,18,19)/b17-8-. The lowest BCUT2D eigenvalue weighted by Crippen LogP contribution is -2.26. The molecule has 1 amide bonds. The van der Waals surface area contributed by atoms with Gasteiger partial charge in [-0.3, -0.25) is 4.79 Å². The minimum absolute atomic E-state index is 0.142. The molecule has 2 rings (SSSR count). The molecule has 0 bridgehead atoms. The maximum atomic E-state index is 11.6. The zero-order valence-electron chi connectivity index (χ0n) is 10.9. The van der Waals surface area contributed by atoms with Gasteiger partial charge in [0.2, 0.25) is 0 Å². The first-order valence-corrected chi connectivity index (χ1v) is 7.27. The van der Waals surface area contributed by atoms with E-state index in [4.69, 9.17) is 11.6 Å². The number of hydrogen-bond acceptors (Lipinski definition) is 4. The molecule has 0 aliphatic carbocycles. The van der Waals surface area contributed by atoms with Crippen LogP contribution >= 0.6 is 22.9 Å². The summed E-state index contributed by atoms with van der Waals surface area (Å²) in [5, 5.41) is 9.54. The van der Waals surface area contributed by atoms with Crippen molar-refractivity contribution in [2.24, 2.45) is 5.10 Å². The van der Waals surface area contributed by atoms with Crippen molar-refractivity contribution in [3.8, 4) is 0 Å². The molecule has 1 aromatic heterocycles. The number of anilines is 1. The number of rotatable bonds is 5. The SMILES string of the molecule is Cc1c(Cl)cccc1NCC(=O)N/N=C\c1cccs1. The molecule has 2 N–H and O–H groups in total. The predicted octanol–water partition coefficient (Wildman–Crippen LogP) is 3.27.